The van der Waals surface area contributed by atoms with Crippen LogP contribution in [0, 0.1) is 0 Å². The van der Waals surface area contributed by atoms with Gasteiger partial charge in [-0.25, -0.2) is 0 Å². The predicted molar refractivity (Wildman–Crippen MR) is 97.7 cm³/mol. The first-order valence-electron chi connectivity index (χ1n) is 9.18. The molecule has 142 valence electrons. The van der Waals surface area contributed by atoms with Crippen LogP contribution in [0.4, 0.5) is 0 Å². The minimum Gasteiger partial charge on any atom is -0.375 e. The summed E-state index contributed by atoms with van der Waals surface area (Å²) in [6.07, 6.45) is 2.50. The lowest BCUT2D eigenvalue weighted by Gasteiger charge is -2.47. The molecule has 2 heterocycles. The number of likely N-dealkylation sites (tertiary alicyclic amines) is 1. The molecule has 2 aliphatic heterocycles. The molecule has 6 nitrogen and oxygen atoms in total. The number of fused-ring (bicyclic) bond motifs is 2. The minimum atomic E-state index is -0.407. The molecule has 0 saturated carbocycles. The van der Waals surface area contributed by atoms with E-state index in [9.17, 15) is 9.59 Å². The minimum absolute atomic E-state index is 0.0192. The van der Waals surface area contributed by atoms with Crippen LogP contribution in [-0.4, -0.2) is 68.6 Å². The van der Waals surface area contributed by atoms with Crippen molar-refractivity contribution in [3.8, 4) is 0 Å². The Morgan fingerprint density at radius 3 is 2.62 bits per heavy atom. The first kappa shape index (κ1) is 18.9. The average molecular weight is 360 g/mol. The van der Waals surface area contributed by atoms with E-state index in [0.29, 0.717) is 19.5 Å². The first-order valence-corrected chi connectivity index (χ1v) is 9.18. The molecule has 6 heteroatoms. The van der Waals surface area contributed by atoms with E-state index in [1.54, 1.807) is 19.0 Å². The van der Waals surface area contributed by atoms with Gasteiger partial charge in [-0.05, 0) is 30.4 Å². The Labute approximate surface area is 155 Å². The average Bonchev–Trinajstić information content (AvgIpc) is 2.62. The summed E-state index contributed by atoms with van der Waals surface area (Å²) >= 11 is 0. The number of carbonyl (C=O) groups is 2. The molecule has 1 saturated heterocycles. The molecule has 0 aliphatic carbocycles. The van der Waals surface area contributed by atoms with Crippen LogP contribution in [0.2, 0.25) is 0 Å². The Morgan fingerprint density at radius 2 is 1.96 bits per heavy atom. The summed E-state index contributed by atoms with van der Waals surface area (Å²) in [4.78, 5) is 27.8. The lowest BCUT2D eigenvalue weighted by molar-refractivity contribution is -0.160. The molecule has 0 N–H and O–H groups in total. The quantitative estimate of drug-likeness (QED) is 0.818. The summed E-state index contributed by atoms with van der Waals surface area (Å²) in [6, 6.07) is 8.35. The number of amides is 2. The van der Waals surface area contributed by atoms with Crippen LogP contribution in [-0.2, 0) is 31.1 Å². The summed E-state index contributed by atoms with van der Waals surface area (Å²) < 4.78 is 11.5. The Balaban J connectivity index is 1.79. The van der Waals surface area contributed by atoms with Gasteiger partial charge in [0.1, 0.15) is 6.61 Å². The largest absolute Gasteiger partial charge is 0.375 e. The van der Waals surface area contributed by atoms with Gasteiger partial charge in [0.05, 0.1) is 18.1 Å². The van der Waals surface area contributed by atoms with Crippen LogP contribution in [0.3, 0.4) is 0 Å². The highest BCUT2D eigenvalue weighted by Crippen LogP contribution is 2.43. The third-order valence-electron chi connectivity index (χ3n) is 5.44. The molecule has 2 amide bonds. The van der Waals surface area contributed by atoms with Crippen molar-refractivity contribution < 1.29 is 19.1 Å². The second-order valence-corrected chi connectivity index (χ2v) is 7.40. The molecule has 0 aromatic heterocycles. The van der Waals surface area contributed by atoms with Crippen LogP contribution in [0.15, 0.2) is 24.3 Å². The number of hydrogen-bond acceptors (Lipinski definition) is 4. The van der Waals surface area contributed by atoms with E-state index in [1.807, 2.05) is 17.0 Å². The Kier molecular flexibility index (Phi) is 5.63. The number of hydrogen-bond donors (Lipinski definition) is 0. The number of carbonyl (C=O) groups excluding carboxylic acids is 2. The van der Waals surface area contributed by atoms with Crippen molar-refractivity contribution in [3.05, 3.63) is 35.4 Å². The Morgan fingerprint density at radius 1 is 1.27 bits per heavy atom. The number of rotatable bonds is 4. The first-order chi connectivity index (χ1) is 12.4. The lowest BCUT2D eigenvalue weighted by atomic mass is 9.78. The fourth-order valence-corrected chi connectivity index (χ4v) is 4.02. The van der Waals surface area contributed by atoms with Gasteiger partial charge in [0, 0.05) is 34.3 Å². The lowest BCUT2D eigenvalue weighted by Crippen LogP contribution is -2.51. The van der Waals surface area contributed by atoms with E-state index in [4.69, 9.17) is 9.47 Å². The topological polar surface area (TPSA) is 59.1 Å². The summed E-state index contributed by atoms with van der Waals surface area (Å²) in [5, 5.41) is 0. The molecule has 1 aromatic rings. The van der Waals surface area contributed by atoms with Crippen LogP contribution in [0.1, 0.15) is 30.4 Å². The summed E-state index contributed by atoms with van der Waals surface area (Å²) in [6.45, 7) is 1.40. The molecule has 1 spiro atoms. The number of piperidine rings is 1. The second-order valence-electron chi connectivity index (χ2n) is 7.40. The standard InChI is InChI=1S/C20H28N2O4/c1-21(2)18(23)13-16-12-15-6-4-5-7-17(15)20(26-16)8-10-22(11-9-20)19(24)14-25-3/h4-7,16H,8-14H2,1-3H3. The SMILES string of the molecule is COCC(=O)N1CCC2(CC1)OC(CC(=O)N(C)C)Cc1ccccc12. The molecular weight excluding hydrogens is 332 g/mol. The van der Waals surface area contributed by atoms with Gasteiger partial charge < -0.3 is 19.3 Å². The normalized spacial score (nSPS) is 21.3. The maximum absolute atomic E-state index is 12.2. The van der Waals surface area contributed by atoms with Gasteiger partial charge in [-0.1, -0.05) is 24.3 Å². The number of nitrogens with zero attached hydrogens (tertiary/aromatic N) is 2. The smallest absolute Gasteiger partial charge is 0.248 e. The van der Waals surface area contributed by atoms with Crippen molar-refractivity contribution in [2.24, 2.45) is 0 Å². The summed E-state index contributed by atoms with van der Waals surface area (Å²) in [5.74, 6) is 0.100. The fourth-order valence-electron chi connectivity index (χ4n) is 4.02. The van der Waals surface area contributed by atoms with Crippen molar-refractivity contribution in [1.82, 2.24) is 9.80 Å². The molecule has 2 aliphatic rings. The van der Waals surface area contributed by atoms with E-state index in [-0.39, 0.29) is 24.5 Å². The van der Waals surface area contributed by atoms with E-state index in [0.717, 1.165) is 19.3 Å². The molecule has 0 radical (unpaired) electrons. The molecule has 1 atom stereocenters. The van der Waals surface area contributed by atoms with Gasteiger partial charge in [0.2, 0.25) is 11.8 Å². The van der Waals surface area contributed by atoms with Crippen molar-refractivity contribution in [2.45, 2.75) is 37.4 Å². The van der Waals surface area contributed by atoms with Gasteiger partial charge in [-0.2, -0.15) is 0 Å². The molecular formula is C20H28N2O4. The van der Waals surface area contributed by atoms with E-state index < -0.39 is 5.60 Å². The highest BCUT2D eigenvalue weighted by molar-refractivity contribution is 5.77. The maximum atomic E-state index is 12.2. The van der Waals surface area contributed by atoms with Crippen LogP contribution in [0.5, 0.6) is 0 Å². The van der Waals surface area contributed by atoms with Crippen molar-refractivity contribution >= 4 is 11.8 Å². The molecule has 1 aromatic carbocycles. The van der Waals surface area contributed by atoms with E-state index in [2.05, 4.69) is 12.1 Å². The zero-order chi connectivity index (χ0) is 18.7. The van der Waals surface area contributed by atoms with Crippen molar-refractivity contribution in [1.29, 1.82) is 0 Å². The zero-order valence-electron chi connectivity index (χ0n) is 15.9. The summed E-state index contributed by atoms with van der Waals surface area (Å²) in [5.41, 5.74) is 2.06. The van der Waals surface area contributed by atoms with E-state index in [1.165, 1.54) is 18.2 Å². The number of methoxy groups -OCH3 is 1. The van der Waals surface area contributed by atoms with E-state index >= 15 is 0 Å². The number of ether oxygens (including phenoxy) is 2. The van der Waals surface area contributed by atoms with Crippen molar-refractivity contribution in [2.75, 3.05) is 40.9 Å². The molecule has 3 rings (SSSR count). The maximum Gasteiger partial charge on any atom is 0.248 e. The van der Waals surface area contributed by atoms with Gasteiger partial charge in [-0.3, -0.25) is 9.59 Å². The monoisotopic (exact) mass is 360 g/mol. The highest BCUT2D eigenvalue weighted by Gasteiger charge is 2.44. The molecule has 1 fully saturated rings. The van der Waals surface area contributed by atoms with Crippen LogP contribution >= 0.6 is 0 Å². The van der Waals surface area contributed by atoms with Gasteiger partial charge in [0.25, 0.3) is 0 Å². The van der Waals surface area contributed by atoms with Gasteiger partial charge in [0.15, 0.2) is 0 Å². The Hall–Kier alpha value is -1.92. The van der Waals surface area contributed by atoms with Gasteiger partial charge >= 0.3 is 0 Å². The predicted octanol–water partition coefficient (Wildman–Crippen LogP) is 1.57. The van der Waals surface area contributed by atoms with Gasteiger partial charge in [-0.15, -0.1) is 0 Å². The second kappa shape index (κ2) is 7.76. The fraction of sp³-hybridized carbons (Fsp3) is 0.600. The van der Waals surface area contributed by atoms with Crippen LogP contribution < -0.4 is 0 Å². The van der Waals surface area contributed by atoms with Crippen LogP contribution in [0.25, 0.3) is 0 Å². The zero-order valence-corrected chi connectivity index (χ0v) is 15.9. The van der Waals surface area contributed by atoms with Crippen molar-refractivity contribution in [3.63, 3.8) is 0 Å². The molecule has 26 heavy (non-hydrogen) atoms. The number of benzene rings is 1. The highest BCUT2D eigenvalue weighted by atomic mass is 16.5. The third-order valence-corrected chi connectivity index (χ3v) is 5.44. The Bertz CT molecular complexity index is 666. The summed E-state index contributed by atoms with van der Waals surface area (Å²) in [7, 11) is 5.08. The molecule has 1 unspecified atom stereocenters. The third kappa shape index (κ3) is 3.76. The molecule has 0 bridgehead atoms.